The number of hydrogen-bond donors (Lipinski definition) is 0. The minimum atomic E-state index is 1.10. The molecule has 0 aliphatic heterocycles. The first kappa shape index (κ1) is 32.9. The van der Waals surface area contributed by atoms with Crippen LogP contribution in [-0.4, -0.2) is 0 Å². The van der Waals surface area contributed by atoms with Crippen molar-refractivity contribution in [3.63, 3.8) is 0 Å². The summed E-state index contributed by atoms with van der Waals surface area (Å²) >= 11 is 0. The Morgan fingerprint density at radius 2 is 0.737 bits per heavy atom. The van der Waals surface area contributed by atoms with E-state index >= 15 is 0 Å². The zero-order chi connectivity index (χ0) is 37.7. The highest BCUT2D eigenvalue weighted by Gasteiger charge is 2.22. The molecular weight excluding hydrogens is 687 g/mol. The second-order valence-electron chi connectivity index (χ2n) is 14.8. The van der Waals surface area contributed by atoms with Gasteiger partial charge < -0.3 is 4.90 Å². The van der Waals surface area contributed by atoms with Gasteiger partial charge in [-0.15, -0.1) is 0 Å². The molecule has 266 valence electrons. The second kappa shape index (κ2) is 13.7. The van der Waals surface area contributed by atoms with E-state index in [-0.39, 0.29) is 0 Å². The summed E-state index contributed by atoms with van der Waals surface area (Å²) in [7, 11) is 0. The van der Waals surface area contributed by atoms with Crippen molar-refractivity contribution in [3.8, 4) is 33.4 Å². The normalized spacial score (nSPS) is 11.5. The summed E-state index contributed by atoms with van der Waals surface area (Å²) < 4.78 is 0. The fourth-order valence-electron chi connectivity index (χ4n) is 9.06. The Hall–Kier alpha value is -7.48. The summed E-state index contributed by atoms with van der Waals surface area (Å²) in [6.07, 6.45) is 0. The number of hydrogen-bond acceptors (Lipinski definition) is 1. The Balaban J connectivity index is 1.25. The number of rotatable bonds is 6. The third-order valence-electron chi connectivity index (χ3n) is 11.6. The van der Waals surface area contributed by atoms with Gasteiger partial charge in [-0.05, 0) is 112 Å². The van der Waals surface area contributed by atoms with Crippen molar-refractivity contribution in [3.05, 3.63) is 224 Å². The zero-order valence-electron chi connectivity index (χ0n) is 31.3. The molecule has 0 aliphatic carbocycles. The minimum absolute atomic E-state index is 1.10. The number of nitrogens with zero attached hydrogens (tertiary/aromatic N) is 1. The molecule has 11 aromatic carbocycles. The van der Waals surface area contributed by atoms with Crippen LogP contribution in [0, 0.1) is 0 Å². The molecule has 0 aromatic heterocycles. The van der Waals surface area contributed by atoms with E-state index in [0.29, 0.717) is 0 Å². The quantitative estimate of drug-likeness (QED) is 0.154. The maximum atomic E-state index is 2.48. The molecule has 1 nitrogen and oxygen atoms in total. The molecule has 0 fully saturated rings. The number of fused-ring (bicyclic) bond motifs is 7. The van der Waals surface area contributed by atoms with Crippen LogP contribution in [0.2, 0.25) is 0 Å². The van der Waals surface area contributed by atoms with Crippen LogP contribution >= 0.6 is 0 Å². The van der Waals surface area contributed by atoms with Gasteiger partial charge >= 0.3 is 0 Å². The van der Waals surface area contributed by atoms with Crippen molar-refractivity contribution in [2.45, 2.75) is 0 Å². The van der Waals surface area contributed by atoms with Crippen LogP contribution in [0.15, 0.2) is 224 Å². The van der Waals surface area contributed by atoms with Gasteiger partial charge in [-0.3, -0.25) is 0 Å². The lowest BCUT2D eigenvalue weighted by Crippen LogP contribution is -2.11. The van der Waals surface area contributed by atoms with Gasteiger partial charge in [0.1, 0.15) is 0 Å². The first-order valence-corrected chi connectivity index (χ1v) is 19.7. The molecule has 0 saturated carbocycles. The Bertz CT molecular complexity index is 3290. The van der Waals surface area contributed by atoms with Gasteiger partial charge in [0, 0.05) is 16.8 Å². The lowest BCUT2D eigenvalue weighted by atomic mass is 9.85. The molecule has 0 saturated heterocycles. The van der Waals surface area contributed by atoms with Gasteiger partial charge in [0.05, 0.1) is 5.69 Å². The van der Waals surface area contributed by atoms with Crippen molar-refractivity contribution in [1.82, 2.24) is 0 Å². The molecule has 0 unspecified atom stereocenters. The molecule has 11 aromatic rings. The third-order valence-corrected chi connectivity index (χ3v) is 11.6. The van der Waals surface area contributed by atoms with Crippen molar-refractivity contribution >= 4 is 70.9 Å². The zero-order valence-corrected chi connectivity index (χ0v) is 31.3. The molecule has 0 radical (unpaired) electrons. The van der Waals surface area contributed by atoms with Crippen LogP contribution in [0.3, 0.4) is 0 Å². The highest BCUT2D eigenvalue weighted by molar-refractivity contribution is 6.22. The maximum absolute atomic E-state index is 2.48. The minimum Gasteiger partial charge on any atom is -0.310 e. The Kier molecular flexibility index (Phi) is 7.89. The molecule has 11 rings (SSSR count). The smallest absolute Gasteiger partial charge is 0.0546 e. The summed E-state index contributed by atoms with van der Waals surface area (Å²) in [4.78, 5) is 2.48. The fourth-order valence-corrected chi connectivity index (χ4v) is 9.06. The van der Waals surface area contributed by atoms with Gasteiger partial charge in [-0.25, -0.2) is 0 Å². The molecular formula is C56H37N. The highest BCUT2D eigenvalue weighted by Crippen LogP contribution is 2.48. The van der Waals surface area contributed by atoms with Gasteiger partial charge in [-0.2, -0.15) is 0 Å². The number of anilines is 3. The monoisotopic (exact) mass is 723 g/mol. The Labute approximate surface area is 332 Å². The van der Waals surface area contributed by atoms with Crippen LogP contribution in [0.1, 0.15) is 0 Å². The van der Waals surface area contributed by atoms with E-state index in [2.05, 4.69) is 229 Å². The molecule has 0 bridgehead atoms. The maximum Gasteiger partial charge on any atom is 0.0546 e. The van der Waals surface area contributed by atoms with E-state index in [0.717, 1.165) is 17.1 Å². The topological polar surface area (TPSA) is 3.24 Å². The highest BCUT2D eigenvalue weighted by atomic mass is 15.1. The average Bonchev–Trinajstić information content (AvgIpc) is 3.29. The van der Waals surface area contributed by atoms with Gasteiger partial charge in [0.2, 0.25) is 0 Å². The summed E-state index contributed by atoms with van der Waals surface area (Å²) in [5.74, 6) is 0. The van der Waals surface area contributed by atoms with Crippen molar-refractivity contribution in [1.29, 1.82) is 0 Å². The predicted molar refractivity (Wildman–Crippen MR) is 245 cm³/mol. The van der Waals surface area contributed by atoms with E-state index in [1.54, 1.807) is 0 Å². The van der Waals surface area contributed by atoms with E-state index in [9.17, 15) is 0 Å². The molecule has 57 heavy (non-hydrogen) atoms. The van der Waals surface area contributed by atoms with Crippen LogP contribution in [0.25, 0.3) is 87.2 Å². The molecule has 0 aliphatic rings. The van der Waals surface area contributed by atoms with Crippen molar-refractivity contribution < 1.29 is 0 Å². The van der Waals surface area contributed by atoms with Crippen LogP contribution < -0.4 is 4.90 Å². The Morgan fingerprint density at radius 1 is 0.246 bits per heavy atom. The standard InChI is InChI=1S/C56H37N/c1-3-18-39(19-4-1)55-52-31-14-12-29-49(52)50-34-33-44(37-53(50)56(55)40-20-5-2-6-21-40)57(54-36-42-22-8-10-27-47(42)48-28-11-13-30-51(48)54)43-25-15-24-41(35-43)46-32-16-23-38-17-7-9-26-45(38)46/h1-37H. The Morgan fingerprint density at radius 3 is 1.47 bits per heavy atom. The summed E-state index contributed by atoms with van der Waals surface area (Å²) in [5.41, 5.74) is 10.7. The van der Waals surface area contributed by atoms with Gasteiger partial charge in [0.25, 0.3) is 0 Å². The lowest BCUT2D eigenvalue weighted by Gasteiger charge is -2.29. The molecule has 0 amide bonds. The molecule has 0 spiro atoms. The third kappa shape index (κ3) is 5.55. The summed E-state index contributed by atoms with van der Waals surface area (Å²) in [6.45, 7) is 0. The van der Waals surface area contributed by atoms with E-state index < -0.39 is 0 Å². The SMILES string of the molecule is c1ccc(-c2c(-c3ccccc3)c3cc(N(c4cccc(-c5cccc6ccccc56)c4)c4cc5ccccc5c5ccccc45)ccc3c3ccccc23)cc1. The number of benzene rings is 11. The summed E-state index contributed by atoms with van der Waals surface area (Å²) in [6, 6.07) is 82.2. The molecule has 1 heteroatoms. The first-order chi connectivity index (χ1) is 28.3. The first-order valence-electron chi connectivity index (χ1n) is 19.7. The fraction of sp³-hybridized carbons (Fsp3) is 0. The van der Waals surface area contributed by atoms with E-state index in [4.69, 9.17) is 0 Å². The predicted octanol–water partition coefficient (Wildman–Crippen LogP) is 15.9. The molecule has 0 heterocycles. The van der Waals surface area contributed by atoms with Crippen molar-refractivity contribution in [2.75, 3.05) is 4.90 Å². The van der Waals surface area contributed by atoms with Crippen LogP contribution in [0.4, 0.5) is 17.1 Å². The van der Waals surface area contributed by atoms with E-state index in [1.165, 1.54) is 87.2 Å². The molecule has 0 atom stereocenters. The summed E-state index contributed by atoms with van der Waals surface area (Å²) in [5, 5.41) is 12.4. The van der Waals surface area contributed by atoms with Crippen LogP contribution in [-0.2, 0) is 0 Å². The largest absolute Gasteiger partial charge is 0.310 e. The van der Waals surface area contributed by atoms with Crippen molar-refractivity contribution in [2.24, 2.45) is 0 Å². The van der Waals surface area contributed by atoms with Crippen LogP contribution in [0.5, 0.6) is 0 Å². The van der Waals surface area contributed by atoms with E-state index in [1.807, 2.05) is 0 Å². The lowest BCUT2D eigenvalue weighted by molar-refractivity contribution is 1.31. The average molecular weight is 724 g/mol. The van der Waals surface area contributed by atoms with Gasteiger partial charge in [0.15, 0.2) is 0 Å². The second-order valence-corrected chi connectivity index (χ2v) is 14.8. The van der Waals surface area contributed by atoms with Gasteiger partial charge in [-0.1, -0.05) is 194 Å². The molecule has 0 N–H and O–H groups in total.